The van der Waals surface area contributed by atoms with Crippen LogP contribution in [0, 0.1) is 17.3 Å². The van der Waals surface area contributed by atoms with E-state index >= 15 is 0 Å². The van der Waals surface area contributed by atoms with E-state index in [9.17, 15) is 14.7 Å². The summed E-state index contributed by atoms with van der Waals surface area (Å²) in [6.07, 6.45) is 7.08. The van der Waals surface area contributed by atoms with Gasteiger partial charge in [0.1, 0.15) is 16.5 Å². The van der Waals surface area contributed by atoms with Crippen molar-refractivity contribution in [2.24, 2.45) is 17.3 Å². The third-order valence-electron chi connectivity index (χ3n) is 7.88. The smallest absolute Gasteiger partial charge is 0.303 e. The van der Waals surface area contributed by atoms with Crippen LogP contribution in [0.4, 0.5) is 11.4 Å². The fraction of sp³-hybridized carbons (Fsp3) is 0.577. The molecule has 0 unspecified atom stereocenters. The second kappa shape index (κ2) is 9.04. The highest BCUT2D eigenvalue weighted by molar-refractivity contribution is 6.33. The molecular weight excluding hydrogens is 470 g/mol. The van der Waals surface area contributed by atoms with Crippen molar-refractivity contribution in [3.05, 3.63) is 39.8 Å². The van der Waals surface area contributed by atoms with E-state index < -0.39 is 11.5 Å². The number of anilines is 2. The highest BCUT2D eigenvalue weighted by Gasteiger charge is 2.59. The summed E-state index contributed by atoms with van der Waals surface area (Å²) >= 11 is 6.64. The lowest BCUT2D eigenvalue weighted by Crippen LogP contribution is -2.59. The van der Waals surface area contributed by atoms with E-state index in [0.717, 1.165) is 32.1 Å². The number of halogens is 1. The van der Waals surface area contributed by atoms with Crippen molar-refractivity contribution in [2.45, 2.75) is 64.3 Å². The first kappa shape index (κ1) is 24.0. The molecule has 4 aliphatic carbocycles. The van der Waals surface area contributed by atoms with Crippen LogP contribution in [0.2, 0.25) is 5.02 Å². The van der Waals surface area contributed by atoms with E-state index in [2.05, 4.69) is 10.4 Å². The maximum absolute atomic E-state index is 13.6. The molecule has 0 spiro atoms. The summed E-state index contributed by atoms with van der Waals surface area (Å²) < 4.78 is 12.9. The Morgan fingerprint density at radius 3 is 2.54 bits per heavy atom. The van der Waals surface area contributed by atoms with E-state index in [4.69, 9.17) is 21.1 Å². The predicted octanol–water partition coefficient (Wildman–Crippen LogP) is 5.21. The molecule has 35 heavy (non-hydrogen) atoms. The molecule has 4 bridgehead atoms. The number of ether oxygens (including phenoxy) is 2. The molecule has 2 N–H and O–H groups in total. The number of aromatic nitrogens is 2. The summed E-state index contributed by atoms with van der Waals surface area (Å²) in [5, 5.41) is 17.5. The van der Waals surface area contributed by atoms with Crippen LogP contribution in [-0.2, 0) is 10.3 Å². The lowest BCUT2D eigenvalue weighted by Gasteiger charge is -2.61. The van der Waals surface area contributed by atoms with Gasteiger partial charge in [-0.25, -0.2) is 4.68 Å². The van der Waals surface area contributed by atoms with Gasteiger partial charge < -0.3 is 19.9 Å². The predicted molar refractivity (Wildman–Crippen MR) is 133 cm³/mol. The van der Waals surface area contributed by atoms with Crippen LogP contribution in [-0.4, -0.2) is 34.1 Å². The average molecular weight is 502 g/mol. The number of hydrogen-bond acceptors (Lipinski definition) is 6. The average Bonchev–Trinajstić information content (AvgIpc) is 2.77. The van der Waals surface area contributed by atoms with Crippen molar-refractivity contribution in [1.29, 1.82) is 0 Å². The second-order valence-corrected chi connectivity index (χ2v) is 10.9. The second-order valence-electron chi connectivity index (χ2n) is 10.5. The third kappa shape index (κ3) is 4.37. The zero-order valence-corrected chi connectivity index (χ0v) is 20.9. The summed E-state index contributed by atoms with van der Waals surface area (Å²) in [5.41, 5.74) is -0.0409. The molecular formula is C26H32ClN3O5. The molecule has 188 valence electrons. The van der Waals surface area contributed by atoms with Crippen LogP contribution >= 0.6 is 11.6 Å². The number of carboxylic acids is 1. The molecule has 6 rings (SSSR count). The minimum atomic E-state index is -0.764. The third-order valence-corrected chi connectivity index (χ3v) is 8.24. The van der Waals surface area contributed by atoms with E-state index in [1.165, 1.54) is 0 Å². The first-order valence-electron chi connectivity index (χ1n) is 12.4. The number of hydrogen-bond donors (Lipinski definition) is 2. The van der Waals surface area contributed by atoms with Gasteiger partial charge in [0.05, 0.1) is 42.7 Å². The summed E-state index contributed by atoms with van der Waals surface area (Å²) in [6, 6.07) is 5.46. The number of carboxylic acid groups (broad SMARTS) is 1. The van der Waals surface area contributed by atoms with Gasteiger partial charge in [0.2, 0.25) is 0 Å². The monoisotopic (exact) mass is 501 g/mol. The largest absolute Gasteiger partial charge is 0.494 e. The molecule has 4 fully saturated rings. The zero-order valence-electron chi connectivity index (χ0n) is 20.2. The Morgan fingerprint density at radius 2 is 1.89 bits per heavy atom. The Balaban J connectivity index is 1.48. The Labute approximate surface area is 209 Å². The van der Waals surface area contributed by atoms with Gasteiger partial charge in [-0.1, -0.05) is 11.6 Å². The number of rotatable bonds is 9. The topological polar surface area (TPSA) is 103 Å². The summed E-state index contributed by atoms with van der Waals surface area (Å²) in [6.45, 7) is 4.83. The van der Waals surface area contributed by atoms with Crippen LogP contribution in [0.15, 0.2) is 29.2 Å². The first-order valence-corrected chi connectivity index (χ1v) is 12.8. The molecule has 4 aliphatic rings. The number of nitrogens with zero attached hydrogens (tertiary/aromatic N) is 2. The standard InChI is InChI=1S/C26H32ClN3O5/c1-3-34-18-5-6-21(35-4-2)19(8-18)29-20-14-28-30(24(33)23(20)27)26-11-16-7-17(12-26)10-25(9-16,15-26)13-22(31)32/h5-6,8,14,16-17,29H,3-4,7,9-13,15H2,1-2H3,(H,31,32)/t16-,17-,25?,26?/m0/s1. The Kier molecular flexibility index (Phi) is 6.20. The fourth-order valence-electron chi connectivity index (χ4n) is 7.32. The highest BCUT2D eigenvalue weighted by atomic mass is 35.5. The van der Waals surface area contributed by atoms with Crippen molar-refractivity contribution >= 4 is 28.9 Å². The van der Waals surface area contributed by atoms with Crippen LogP contribution < -0.4 is 20.3 Å². The van der Waals surface area contributed by atoms with Gasteiger partial charge in [-0.2, -0.15) is 5.10 Å². The van der Waals surface area contributed by atoms with Crippen molar-refractivity contribution in [1.82, 2.24) is 9.78 Å². The molecule has 1 aromatic carbocycles. The lowest BCUT2D eigenvalue weighted by atomic mass is 9.46. The molecule has 8 nitrogen and oxygen atoms in total. The van der Waals surface area contributed by atoms with Gasteiger partial charge in [0.15, 0.2) is 0 Å². The first-order chi connectivity index (χ1) is 16.8. The summed E-state index contributed by atoms with van der Waals surface area (Å²) in [5.74, 6) is 1.38. The summed E-state index contributed by atoms with van der Waals surface area (Å²) in [4.78, 5) is 25.2. The quantitative estimate of drug-likeness (QED) is 0.486. The van der Waals surface area contributed by atoms with Gasteiger partial charge in [0, 0.05) is 6.07 Å². The minimum absolute atomic E-state index is 0.0623. The number of nitrogens with one attached hydrogen (secondary N) is 1. The Hall–Kier alpha value is -2.74. The summed E-state index contributed by atoms with van der Waals surface area (Å²) in [7, 11) is 0. The number of aliphatic carboxylic acids is 1. The van der Waals surface area contributed by atoms with Gasteiger partial charge in [0.25, 0.3) is 5.56 Å². The van der Waals surface area contributed by atoms with E-state index in [1.54, 1.807) is 10.9 Å². The Morgan fingerprint density at radius 1 is 1.17 bits per heavy atom. The Bertz CT molecular complexity index is 1180. The molecule has 0 saturated heterocycles. The van der Waals surface area contributed by atoms with Crippen molar-refractivity contribution in [3.8, 4) is 11.5 Å². The molecule has 2 atom stereocenters. The molecule has 0 radical (unpaired) electrons. The zero-order chi connectivity index (χ0) is 24.8. The van der Waals surface area contributed by atoms with E-state index in [-0.39, 0.29) is 22.4 Å². The van der Waals surface area contributed by atoms with Gasteiger partial charge >= 0.3 is 5.97 Å². The molecule has 1 aromatic heterocycles. The van der Waals surface area contributed by atoms with Crippen molar-refractivity contribution in [2.75, 3.05) is 18.5 Å². The van der Waals surface area contributed by atoms with Crippen LogP contribution in [0.3, 0.4) is 0 Å². The SMILES string of the molecule is CCOc1ccc(OCC)c(Nc2cnn(C34C[C@H]5C[C@@H](CC(CC(=O)O)(C5)C3)C4)c(=O)c2Cl)c1. The number of carbonyl (C=O) groups is 1. The van der Waals surface area contributed by atoms with Gasteiger partial charge in [-0.05, 0) is 81.8 Å². The van der Waals surface area contributed by atoms with E-state index in [1.807, 2.05) is 32.0 Å². The van der Waals surface area contributed by atoms with Crippen LogP contribution in [0.25, 0.3) is 0 Å². The molecule has 2 aromatic rings. The molecule has 0 aliphatic heterocycles. The minimum Gasteiger partial charge on any atom is -0.494 e. The molecule has 1 heterocycles. The maximum Gasteiger partial charge on any atom is 0.303 e. The van der Waals surface area contributed by atoms with Crippen molar-refractivity contribution < 1.29 is 19.4 Å². The normalized spacial score (nSPS) is 28.7. The number of benzene rings is 1. The van der Waals surface area contributed by atoms with Crippen LogP contribution in [0.5, 0.6) is 11.5 Å². The molecule has 0 amide bonds. The van der Waals surface area contributed by atoms with Gasteiger partial charge in [-0.15, -0.1) is 0 Å². The van der Waals surface area contributed by atoms with Crippen molar-refractivity contribution in [3.63, 3.8) is 0 Å². The van der Waals surface area contributed by atoms with Crippen LogP contribution in [0.1, 0.15) is 58.8 Å². The van der Waals surface area contributed by atoms with Gasteiger partial charge in [-0.3, -0.25) is 9.59 Å². The molecule has 4 saturated carbocycles. The van der Waals surface area contributed by atoms with E-state index in [0.29, 0.717) is 54.3 Å². The fourth-order valence-corrected chi connectivity index (χ4v) is 7.50. The lowest BCUT2D eigenvalue weighted by molar-refractivity contribution is -0.151. The maximum atomic E-state index is 13.6. The highest BCUT2D eigenvalue weighted by Crippen LogP contribution is 2.65. The molecule has 9 heteroatoms.